The molecule has 3 N–H and O–H groups in total. The molecule has 158 valence electrons. The van der Waals surface area contributed by atoms with Crippen molar-refractivity contribution in [1.29, 1.82) is 0 Å². The molecule has 0 radical (unpaired) electrons. The third-order valence-electron chi connectivity index (χ3n) is 6.55. The molecule has 0 aromatic carbocycles. The Morgan fingerprint density at radius 3 is 2.32 bits per heavy atom. The number of hydrogen-bond acceptors (Lipinski definition) is 4. The normalized spacial score (nSPS) is 23.2. The van der Waals surface area contributed by atoms with Crippen molar-refractivity contribution in [2.75, 3.05) is 13.1 Å². The highest BCUT2D eigenvalue weighted by atomic mass is 35.5. The van der Waals surface area contributed by atoms with Gasteiger partial charge in [-0.3, -0.25) is 14.3 Å². The molecule has 2 heterocycles. The molecule has 1 aromatic heterocycles. The van der Waals surface area contributed by atoms with E-state index in [0.29, 0.717) is 37.2 Å². The molecular formula is C20H34ClN5O2. The van der Waals surface area contributed by atoms with E-state index in [4.69, 9.17) is 5.73 Å². The van der Waals surface area contributed by atoms with Crippen LogP contribution in [0.4, 0.5) is 0 Å². The van der Waals surface area contributed by atoms with E-state index in [2.05, 4.69) is 24.3 Å². The van der Waals surface area contributed by atoms with Crippen molar-refractivity contribution in [3.05, 3.63) is 17.0 Å². The lowest BCUT2D eigenvalue weighted by Crippen LogP contribution is -2.62. The van der Waals surface area contributed by atoms with Crippen molar-refractivity contribution in [3.8, 4) is 0 Å². The van der Waals surface area contributed by atoms with Gasteiger partial charge in [-0.2, -0.15) is 5.10 Å². The Kier molecular flexibility index (Phi) is 6.50. The van der Waals surface area contributed by atoms with Crippen molar-refractivity contribution in [2.24, 2.45) is 18.2 Å². The summed E-state index contributed by atoms with van der Waals surface area (Å²) >= 11 is 0. The minimum atomic E-state index is -0.802. The van der Waals surface area contributed by atoms with E-state index in [1.54, 1.807) is 4.68 Å². The fourth-order valence-corrected chi connectivity index (χ4v) is 4.60. The first-order valence-corrected chi connectivity index (χ1v) is 9.95. The highest BCUT2D eigenvalue weighted by molar-refractivity contribution is 6.01. The molecule has 1 aliphatic carbocycles. The van der Waals surface area contributed by atoms with E-state index in [-0.39, 0.29) is 35.7 Å². The van der Waals surface area contributed by atoms with Crippen LogP contribution in [-0.4, -0.2) is 51.2 Å². The third-order valence-corrected chi connectivity index (χ3v) is 6.55. The second-order valence-corrected chi connectivity index (χ2v) is 9.02. The predicted octanol–water partition coefficient (Wildman–Crippen LogP) is 2.09. The molecule has 0 bridgehead atoms. The molecule has 8 heteroatoms. The van der Waals surface area contributed by atoms with Crippen LogP contribution in [0, 0.1) is 19.3 Å². The van der Waals surface area contributed by atoms with Crippen LogP contribution < -0.4 is 11.1 Å². The number of carbonyl (C=O) groups excluding carboxylic acids is 2. The number of hydrogen-bond donors (Lipinski definition) is 2. The summed E-state index contributed by atoms with van der Waals surface area (Å²) in [4.78, 5) is 28.5. The highest BCUT2D eigenvalue weighted by Gasteiger charge is 2.47. The molecule has 2 fully saturated rings. The van der Waals surface area contributed by atoms with Crippen molar-refractivity contribution in [3.63, 3.8) is 0 Å². The summed E-state index contributed by atoms with van der Waals surface area (Å²) in [6.45, 7) is 9.23. The van der Waals surface area contributed by atoms with Crippen molar-refractivity contribution in [2.45, 2.75) is 71.4 Å². The average molecular weight is 412 g/mol. The van der Waals surface area contributed by atoms with Crippen molar-refractivity contribution < 1.29 is 9.59 Å². The van der Waals surface area contributed by atoms with Gasteiger partial charge < -0.3 is 16.0 Å². The third kappa shape index (κ3) is 3.92. The van der Waals surface area contributed by atoms with Crippen LogP contribution in [0.25, 0.3) is 0 Å². The Bertz CT molecular complexity index is 752. The summed E-state index contributed by atoms with van der Waals surface area (Å²) in [7, 11) is 1.83. The first kappa shape index (κ1) is 22.7. The average Bonchev–Trinajstić information content (AvgIpc) is 3.15. The van der Waals surface area contributed by atoms with Gasteiger partial charge >= 0.3 is 0 Å². The second-order valence-electron chi connectivity index (χ2n) is 9.02. The van der Waals surface area contributed by atoms with Gasteiger partial charge in [0.2, 0.25) is 5.91 Å². The molecule has 1 saturated carbocycles. The van der Waals surface area contributed by atoms with Gasteiger partial charge in [-0.15, -0.1) is 12.4 Å². The number of halogens is 1. The molecule has 3 rings (SSSR count). The van der Waals surface area contributed by atoms with E-state index < -0.39 is 5.54 Å². The molecule has 1 saturated heterocycles. The van der Waals surface area contributed by atoms with Crippen LogP contribution in [-0.2, 0) is 11.8 Å². The van der Waals surface area contributed by atoms with Crippen molar-refractivity contribution in [1.82, 2.24) is 20.0 Å². The first-order valence-electron chi connectivity index (χ1n) is 9.95. The Balaban J connectivity index is 0.00000280. The molecule has 1 atom stereocenters. The topological polar surface area (TPSA) is 93.2 Å². The second kappa shape index (κ2) is 8.03. The Morgan fingerprint density at radius 1 is 1.21 bits per heavy atom. The standard InChI is InChI=1S/C20H33N5O2.ClH/c1-13-16(14(2)24(5)23-13)17(26)22-20(9-6-7-10-20)18(27)25-11-8-15(21)19(3,4)12-25;/h15H,6-12,21H2,1-5H3,(H,22,26);1H. The van der Waals surface area contributed by atoms with E-state index in [0.717, 1.165) is 25.0 Å². The van der Waals surface area contributed by atoms with Crippen LogP contribution in [0.5, 0.6) is 0 Å². The summed E-state index contributed by atoms with van der Waals surface area (Å²) in [6, 6.07) is 0.0939. The van der Waals surface area contributed by atoms with Gasteiger partial charge in [-0.25, -0.2) is 0 Å². The lowest BCUT2D eigenvalue weighted by Gasteiger charge is -2.45. The number of likely N-dealkylation sites (tertiary alicyclic amines) is 1. The summed E-state index contributed by atoms with van der Waals surface area (Å²) < 4.78 is 1.71. The number of aromatic nitrogens is 2. The number of rotatable bonds is 3. The van der Waals surface area contributed by atoms with Gasteiger partial charge in [0.25, 0.3) is 5.91 Å². The minimum absolute atomic E-state index is 0. The SMILES string of the molecule is Cc1nn(C)c(C)c1C(=O)NC1(C(=O)N2CCC(N)C(C)(C)C2)CCCC1.Cl. The van der Waals surface area contributed by atoms with Crippen LogP contribution >= 0.6 is 12.4 Å². The summed E-state index contributed by atoms with van der Waals surface area (Å²) in [5.41, 5.74) is 7.41. The molecule has 7 nitrogen and oxygen atoms in total. The number of carbonyl (C=O) groups is 2. The maximum absolute atomic E-state index is 13.5. The van der Waals surface area contributed by atoms with Gasteiger partial charge in [0.05, 0.1) is 11.3 Å². The van der Waals surface area contributed by atoms with E-state index in [1.165, 1.54) is 0 Å². The Hall–Kier alpha value is -1.60. The van der Waals surface area contributed by atoms with Crippen LogP contribution in [0.2, 0.25) is 0 Å². The first-order chi connectivity index (χ1) is 12.6. The largest absolute Gasteiger partial charge is 0.340 e. The monoisotopic (exact) mass is 411 g/mol. The highest BCUT2D eigenvalue weighted by Crippen LogP contribution is 2.35. The van der Waals surface area contributed by atoms with Crippen LogP contribution in [0.1, 0.15) is 67.7 Å². The van der Waals surface area contributed by atoms with Gasteiger partial charge in [0.15, 0.2) is 0 Å². The quantitative estimate of drug-likeness (QED) is 0.796. The zero-order valence-electron chi connectivity index (χ0n) is 17.7. The molecule has 1 aromatic rings. The molecule has 0 spiro atoms. The zero-order valence-corrected chi connectivity index (χ0v) is 18.5. The van der Waals surface area contributed by atoms with E-state index in [9.17, 15) is 9.59 Å². The summed E-state index contributed by atoms with van der Waals surface area (Å²) in [5, 5.41) is 7.46. The lowest BCUT2D eigenvalue weighted by molar-refractivity contribution is -0.141. The number of amides is 2. The summed E-state index contributed by atoms with van der Waals surface area (Å²) in [5.74, 6) is -0.145. The predicted molar refractivity (Wildman–Crippen MR) is 112 cm³/mol. The molecule has 2 aliphatic rings. The molecule has 2 amide bonds. The van der Waals surface area contributed by atoms with Gasteiger partial charge in [-0.05, 0) is 38.5 Å². The fraction of sp³-hybridized carbons (Fsp3) is 0.750. The van der Waals surface area contributed by atoms with Gasteiger partial charge in [0.1, 0.15) is 5.54 Å². The molecule has 1 aliphatic heterocycles. The molecular weight excluding hydrogens is 378 g/mol. The van der Waals surface area contributed by atoms with Crippen LogP contribution in [0.3, 0.4) is 0 Å². The van der Waals surface area contributed by atoms with Crippen molar-refractivity contribution >= 4 is 24.2 Å². The fourth-order valence-electron chi connectivity index (χ4n) is 4.60. The number of nitrogens with two attached hydrogens (primary N) is 1. The zero-order chi connectivity index (χ0) is 20.0. The number of piperidine rings is 1. The Labute approximate surface area is 173 Å². The molecule has 28 heavy (non-hydrogen) atoms. The van der Waals surface area contributed by atoms with Gasteiger partial charge in [-0.1, -0.05) is 26.7 Å². The maximum Gasteiger partial charge on any atom is 0.255 e. The molecule has 1 unspecified atom stereocenters. The number of nitrogens with one attached hydrogen (secondary N) is 1. The van der Waals surface area contributed by atoms with Gasteiger partial charge in [0, 0.05) is 31.9 Å². The number of nitrogens with zero attached hydrogens (tertiary/aromatic N) is 3. The van der Waals surface area contributed by atoms with Crippen LogP contribution in [0.15, 0.2) is 0 Å². The Morgan fingerprint density at radius 2 is 1.82 bits per heavy atom. The summed E-state index contributed by atoms with van der Waals surface area (Å²) in [6.07, 6.45) is 4.09. The van der Waals surface area contributed by atoms with E-state index >= 15 is 0 Å². The van der Waals surface area contributed by atoms with E-state index in [1.807, 2.05) is 25.8 Å². The maximum atomic E-state index is 13.5. The minimum Gasteiger partial charge on any atom is -0.340 e. The smallest absolute Gasteiger partial charge is 0.255 e. The number of aryl methyl sites for hydroxylation is 2. The lowest BCUT2D eigenvalue weighted by atomic mass is 9.79.